The van der Waals surface area contributed by atoms with E-state index in [2.05, 4.69) is 39.1 Å². The topological polar surface area (TPSA) is 44.8 Å². The molecule has 0 spiro atoms. The third kappa shape index (κ3) is 2.64. The zero-order valence-electron chi connectivity index (χ0n) is 10.6. The molecule has 1 heterocycles. The molecule has 0 saturated heterocycles. The molecule has 1 aromatic carbocycles. The molecule has 2 rings (SSSR count). The second-order valence-electron chi connectivity index (χ2n) is 4.30. The molecule has 0 aliphatic heterocycles. The summed E-state index contributed by atoms with van der Waals surface area (Å²) in [6.45, 7) is 2.13. The maximum absolute atomic E-state index is 4.49. The normalized spacial score (nSPS) is 10.5. The molecular weight excluding hydrogens is 212 g/mol. The van der Waals surface area contributed by atoms with Crippen molar-refractivity contribution >= 4 is 5.69 Å². The van der Waals surface area contributed by atoms with Gasteiger partial charge in [0.05, 0.1) is 0 Å². The lowest BCUT2D eigenvalue weighted by atomic mass is 10.2. The highest BCUT2D eigenvalue weighted by Gasteiger charge is 2.06. The van der Waals surface area contributed by atoms with Gasteiger partial charge in [-0.2, -0.15) is 5.10 Å². The van der Waals surface area contributed by atoms with Crippen LogP contribution in [-0.2, 0) is 6.42 Å². The Morgan fingerprint density at radius 1 is 1.29 bits per heavy atom. The number of aryl methyl sites for hydroxylation is 1. The van der Waals surface area contributed by atoms with Crippen LogP contribution in [0.15, 0.2) is 24.3 Å². The van der Waals surface area contributed by atoms with E-state index in [9.17, 15) is 0 Å². The van der Waals surface area contributed by atoms with Gasteiger partial charge in [-0.15, -0.1) is 0 Å². The van der Waals surface area contributed by atoms with E-state index in [0.717, 1.165) is 35.7 Å². The van der Waals surface area contributed by atoms with E-state index >= 15 is 0 Å². The van der Waals surface area contributed by atoms with Crippen LogP contribution in [0.3, 0.4) is 0 Å². The molecular formula is C13H18N4. The summed E-state index contributed by atoms with van der Waals surface area (Å²) in [6.07, 6.45) is 2.02. The number of aromatic nitrogens is 3. The van der Waals surface area contributed by atoms with E-state index < -0.39 is 0 Å². The third-order valence-corrected chi connectivity index (χ3v) is 2.64. The van der Waals surface area contributed by atoms with Crippen molar-refractivity contribution < 1.29 is 0 Å². The molecule has 0 amide bonds. The molecule has 4 heteroatoms. The lowest BCUT2D eigenvalue weighted by Gasteiger charge is -2.12. The predicted molar refractivity (Wildman–Crippen MR) is 70.1 cm³/mol. The molecule has 0 saturated carbocycles. The molecule has 2 aromatic rings. The van der Waals surface area contributed by atoms with Crippen molar-refractivity contribution in [3.05, 3.63) is 30.1 Å². The molecule has 0 unspecified atom stereocenters. The molecule has 1 N–H and O–H groups in total. The maximum atomic E-state index is 4.49. The Kier molecular flexibility index (Phi) is 3.42. The fraction of sp³-hybridized carbons (Fsp3) is 0.385. The zero-order chi connectivity index (χ0) is 12.3. The Balaban J connectivity index is 2.28. The van der Waals surface area contributed by atoms with E-state index in [1.807, 2.05) is 26.2 Å². The van der Waals surface area contributed by atoms with Crippen LogP contribution in [0, 0.1) is 0 Å². The second-order valence-corrected chi connectivity index (χ2v) is 4.30. The van der Waals surface area contributed by atoms with Crippen molar-refractivity contribution in [3.63, 3.8) is 0 Å². The van der Waals surface area contributed by atoms with Crippen LogP contribution in [-0.4, -0.2) is 29.3 Å². The molecule has 0 aliphatic rings. The largest absolute Gasteiger partial charge is 0.378 e. The van der Waals surface area contributed by atoms with Gasteiger partial charge < -0.3 is 4.90 Å². The van der Waals surface area contributed by atoms with Gasteiger partial charge >= 0.3 is 0 Å². The molecule has 0 fully saturated rings. The Labute approximate surface area is 102 Å². The summed E-state index contributed by atoms with van der Waals surface area (Å²) in [6, 6.07) is 8.23. The molecule has 0 radical (unpaired) electrons. The Hall–Kier alpha value is -1.84. The number of aromatic amines is 1. The van der Waals surface area contributed by atoms with Crippen molar-refractivity contribution in [1.82, 2.24) is 15.2 Å². The fourth-order valence-corrected chi connectivity index (χ4v) is 1.70. The van der Waals surface area contributed by atoms with Crippen molar-refractivity contribution in [1.29, 1.82) is 0 Å². The number of H-pyrrole nitrogens is 1. The summed E-state index contributed by atoms with van der Waals surface area (Å²) < 4.78 is 0. The van der Waals surface area contributed by atoms with E-state index in [-0.39, 0.29) is 0 Å². The summed E-state index contributed by atoms with van der Waals surface area (Å²) >= 11 is 0. The summed E-state index contributed by atoms with van der Waals surface area (Å²) in [7, 11) is 4.05. The zero-order valence-corrected chi connectivity index (χ0v) is 10.6. The van der Waals surface area contributed by atoms with Crippen LogP contribution in [0.5, 0.6) is 0 Å². The first-order valence-corrected chi connectivity index (χ1v) is 5.89. The quantitative estimate of drug-likeness (QED) is 0.877. The number of hydrogen-bond donors (Lipinski definition) is 1. The SMILES string of the molecule is CCCc1nc(-c2cccc(N(C)C)c2)n[nH]1. The molecule has 4 nitrogen and oxygen atoms in total. The van der Waals surface area contributed by atoms with E-state index in [1.165, 1.54) is 0 Å². The van der Waals surface area contributed by atoms with Crippen molar-refractivity contribution in [2.45, 2.75) is 19.8 Å². The van der Waals surface area contributed by atoms with Gasteiger partial charge in [0.1, 0.15) is 5.82 Å². The van der Waals surface area contributed by atoms with Gasteiger partial charge in [0, 0.05) is 31.8 Å². The molecule has 90 valence electrons. The molecule has 1 aromatic heterocycles. The second kappa shape index (κ2) is 4.99. The number of rotatable bonds is 4. The average Bonchev–Trinajstić information content (AvgIpc) is 2.78. The fourth-order valence-electron chi connectivity index (χ4n) is 1.70. The van der Waals surface area contributed by atoms with Crippen LogP contribution in [0.1, 0.15) is 19.2 Å². The summed E-state index contributed by atoms with van der Waals surface area (Å²) in [5.41, 5.74) is 2.21. The van der Waals surface area contributed by atoms with Gasteiger partial charge in [0.2, 0.25) is 0 Å². The van der Waals surface area contributed by atoms with Crippen LogP contribution in [0.4, 0.5) is 5.69 Å². The van der Waals surface area contributed by atoms with Gasteiger partial charge in [-0.3, -0.25) is 5.10 Å². The van der Waals surface area contributed by atoms with Crippen LogP contribution in [0.2, 0.25) is 0 Å². The summed E-state index contributed by atoms with van der Waals surface area (Å²) in [5, 5.41) is 7.23. The van der Waals surface area contributed by atoms with Crippen LogP contribution in [0.25, 0.3) is 11.4 Å². The molecule has 0 bridgehead atoms. The van der Waals surface area contributed by atoms with Crippen molar-refractivity contribution in [2.75, 3.05) is 19.0 Å². The smallest absolute Gasteiger partial charge is 0.181 e. The minimum atomic E-state index is 0.775. The van der Waals surface area contributed by atoms with Gasteiger partial charge in [0.15, 0.2) is 5.82 Å². The van der Waals surface area contributed by atoms with E-state index in [0.29, 0.717) is 0 Å². The van der Waals surface area contributed by atoms with Crippen LogP contribution < -0.4 is 4.90 Å². The standard InChI is InChI=1S/C13H18N4/c1-4-6-12-14-13(16-15-12)10-7-5-8-11(9-10)17(2)3/h5,7-9H,4,6H2,1-3H3,(H,14,15,16). The predicted octanol–water partition coefficient (Wildman–Crippen LogP) is 2.49. The molecule has 0 atom stereocenters. The average molecular weight is 230 g/mol. The molecule has 17 heavy (non-hydrogen) atoms. The summed E-state index contributed by atoms with van der Waals surface area (Å²) in [5.74, 6) is 1.73. The number of anilines is 1. The van der Waals surface area contributed by atoms with Gasteiger partial charge in [-0.05, 0) is 18.6 Å². The third-order valence-electron chi connectivity index (χ3n) is 2.64. The van der Waals surface area contributed by atoms with Crippen molar-refractivity contribution in [2.24, 2.45) is 0 Å². The summed E-state index contributed by atoms with van der Waals surface area (Å²) in [4.78, 5) is 6.56. The molecule has 0 aliphatic carbocycles. The first kappa shape index (κ1) is 11.6. The highest BCUT2D eigenvalue weighted by atomic mass is 15.2. The Morgan fingerprint density at radius 3 is 2.82 bits per heavy atom. The van der Waals surface area contributed by atoms with Gasteiger partial charge in [0.25, 0.3) is 0 Å². The highest BCUT2D eigenvalue weighted by molar-refractivity contribution is 5.62. The number of benzene rings is 1. The monoisotopic (exact) mass is 230 g/mol. The number of nitrogens with one attached hydrogen (secondary N) is 1. The van der Waals surface area contributed by atoms with E-state index in [1.54, 1.807) is 0 Å². The highest BCUT2D eigenvalue weighted by Crippen LogP contribution is 2.20. The lowest BCUT2D eigenvalue weighted by Crippen LogP contribution is -2.08. The minimum Gasteiger partial charge on any atom is -0.378 e. The minimum absolute atomic E-state index is 0.775. The Bertz CT molecular complexity index is 488. The van der Waals surface area contributed by atoms with Gasteiger partial charge in [-0.25, -0.2) is 4.98 Å². The number of hydrogen-bond acceptors (Lipinski definition) is 3. The Morgan fingerprint density at radius 2 is 2.12 bits per heavy atom. The van der Waals surface area contributed by atoms with E-state index in [4.69, 9.17) is 0 Å². The number of nitrogens with zero attached hydrogens (tertiary/aromatic N) is 3. The first-order valence-electron chi connectivity index (χ1n) is 5.89. The van der Waals surface area contributed by atoms with Crippen LogP contribution >= 0.6 is 0 Å². The first-order chi connectivity index (χ1) is 8.20. The van der Waals surface area contributed by atoms with Crippen molar-refractivity contribution in [3.8, 4) is 11.4 Å². The maximum Gasteiger partial charge on any atom is 0.181 e. The van der Waals surface area contributed by atoms with Gasteiger partial charge in [-0.1, -0.05) is 19.1 Å². The lowest BCUT2D eigenvalue weighted by molar-refractivity contribution is 0.841.